The molecule has 0 bridgehead atoms. The van der Waals surface area contributed by atoms with Crippen molar-refractivity contribution >= 4 is 17.7 Å². The maximum absolute atomic E-state index is 11.2. The molecule has 0 aromatic carbocycles. The summed E-state index contributed by atoms with van der Waals surface area (Å²) in [6, 6.07) is 1.76. The molecule has 5 N–H and O–H groups in total. The van der Waals surface area contributed by atoms with Crippen LogP contribution in [0.25, 0.3) is 0 Å². The van der Waals surface area contributed by atoms with Crippen molar-refractivity contribution in [3.05, 3.63) is 23.7 Å². The maximum atomic E-state index is 11.2. The normalized spacial score (nSPS) is 10.1. The van der Waals surface area contributed by atoms with Gasteiger partial charge in [0.15, 0.2) is 5.76 Å². The Morgan fingerprint density at radius 1 is 1.64 bits per heavy atom. The lowest BCUT2D eigenvalue weighted by atomic mass is 10.3. The molecule has 0 fully saturated rings. The van der Waals surface area contributed by atoms with Gasteiger partial charge in [-0.15, -0.1) is 0 Å². The third kappa shape index (κ3) is 2.76. The van der Waals surface area contributed by atoms with Crippen LogP contribution >= 0.6 is 11.8 Å². The fourth-order valence-corrected chi connectivity index (χ4v) is 1.74. The van der Waals surface area contributed by atoms with Crippen LogP contribution in [0.4, 0.5) is 0 Å². The Balaban J connectivity index is 2.58. The molecular formula is C8H13N3O2S. The molecule has 1 aromatic heterocycles. The number of carbonyl (C=O) groups is 1. The lowest BCUT2D eigenvalue weighted by Crippen LogP contribution is -2.30. The Bertz CT molecular complexity index is 301. The van der Waals surface area contributed by atoms with Crippen molar-refractivity contribution in [2.24, 2.45) is 11.6 Å². The second-order valence-corrected chi connectivity index (χ2v) is 3.69. The second kappa shape index (κ2) is 5.69. The highest BCUT2D eigenvalue weighted by Crippen LogP contribution is 2.17. The van der Waals surface area contributed by atoms with Crippen LogP contribution in [-0.4, -0.2) is 18.2 Å². The molecule has 14 heavy (non-hydrogen) atoms. The zero-order chi connectivity index (χ0) is 10.4. The molecule has 0 aliphatic carbocycles. The zero-order valence-electron chi connectivity index (χ0n) is 7.66. The van der Waals surface area contributed by atoms with E-state index in [1.54, 1.807) is 17.8 Å². The van der Waals surface area contributed by atoms with Crippen LogP contribution in [0.15, 0.2) is 16.7 Å². The first-order valence-electron chi connectivity index (χ1n) is 4.14. The Morgan fingerprint density at radius 2 is 2.43 bits per heavy atom. The molecule has 78 valence electrons. The summed E-state index contributed by atoms with van der Waals surface area (Å²) >= 11 is 1.65. The van der Waals surface area contributed by atoms with Gasteiger partial charge in [-0.1, -0.05) is 0 Å². The van der Waals surface area contributed by atoms with Crippen LogP contribution in [0, 0.1) is 0 Å². The largest absolute Gasteiger partial charge is 0.459 e. The Labute approximate surface area is 86.2 Å². The quantitative estimate of drug-likeness (QED) is 0.280. The van der Waals surface area contributed by atoms with Gasteiger partial charge >= 0.3 is 5.91 Å². The van der Waals surface area contributed by atoms with Gasteiger partial charge in [-0.05, 0) is 6.07 Å². The minimum Gasteiger partial charge on any atom is -0.459 e. The van der Waals surface area contributed by atoms with Crippen LogP contribution in [-0.2, 0) is 5.75 Å². The highest BCUT2D eigenvalue weighted by Gasteiger charge is 2.13. The first kappa shape index (κ1) is 11.1. The van der Waals surface area contributed by atoms with Gasteiger partial charge in [-0.3, -0.25) is 10.2 Å². The second-order valence-electron chi connectivity index (χ2n) is 2.59. The average molecular weight is 215 g/mol. The molecule has 0 saturated heterocycles. The highest BCUT2D eigenvalue weighted by molar-refractivity contribution is 7.98. The standard InChI is InChI=1S/C8H13N3O2S/c9-2-4-14-5-6-1-3-13-7(6)8(12)11-10/h1,3H,2,4-5,9-10H2,(H,11,12). The number of hydrazine groups is 1. The van der Waals surface area contributed by atoms with Gasteiger partial charge in [-0.25, -0.2) is 5.84 Å². The SMILES string of the molecule is NCCSCc1ccoc1C(=O)NN. The number of nitrogen functional groups attached to an aromatic ring is 1. The van der Waals surface area contributed by atoms with E-state index in [1.165, 1.54) is 6.26 Å². The Hall–Kier alpha value is -0.980. The van der Waals surface area contributed by atoms with Crippen LogP contribution in [0.2, 0.25) is 0 Å². The molecule has 1 rings (SSSR count). The van der Waals surface area contributed by atoms with E-state index in [9.17, 15) is 4.79 Å². The summed E-state index contributed by atoms with van der Waals surface area (Å²) in [5.41, 5.74) is 8.22. The molecule has 5 nitrogen and oxygen atoms in total. The van der Waals surface area contributed by atoms with Crippen LogP contribution in [0.1, 0.15) is 16.1 Å². The fraction of sp³-hybridized carbons (Fsp3) is 0.375. The summed E-state index contributed by atoms with van der Waals surface area (Å²) in [5, 5.41) is 0. The van der Waals surface area contributed by atoms with Gasteiger partial charge in [0.1, 0.15) is 0 Å². The van der Waals surface area contributed by atoms with Gasteiger partial charge in [0, 0.05) is 23.6 Å². The van der Waals surface area contributed by atoms with Gasteiger partial charge < -0.3 is 10.2 Å². The smallest absolute Gasteiger partial charge is 0.301 e. The molecule has 1 amide bonds. The van der Waals surface area contributed by atoms with Crippen molar-refractivity contribution in [1.29, 1.82) is 0 Å². The van der Waals surface area contributed by atoms with Crippen LogP contribution < -0.4 is 17.0 Å². The monoisotopic (exact) mass is 215 g/mol. The average Bonchev–Trinajstić information content (AvgIpc) is 2.65. The van der Waals surface area contributed by atoms with Crippen molar-refractivity contribution in [3.8, 4) is 0 Å². The number of carbonyl (C=O) groups excluding carboxylic acids is 1. The van der Waals surface area contributed by atoms with Gasteiger partial charge in [0.25, 0.3) is 0 Å². The molecular weight excluding hydrogens is 202 g/mol. The predicted molar refractivity (Wildman–Crippen MR) is 55.6 cm³/mol. The van der Waals surface area contributed by atoms with Crippen molar-refractivity contribution in [3.63, 3.8) is 0 Å². The summed E-state index contributed by atoms with van der Waals surface area (Å²) in [5.74, 6) is 6.43. The zero-order valence-corrected chi connectivity index (χ0v) is 8.47. The molecule has 1 aromatic rings. The minimum atomic E-state index is -0.404. The molecule has 0 atom stereocenters. The molecule has 6 heteroatoms. The van der Waals surface area contributed by atoms with E-state index >= 15 is 0 Å². The number of rotatable bonds is 5. The third-order valence-electron chi connectivity index (χ3n) is 1.60. The molecule has 1 heterocycles. The minimum absolute atomic E-state index is 0.275. The van der Waals surface area contributed by atoms with E-state index in [0.717, 1.165) is 11.3 Å². The molecule has 0 spiro atoms. The Morgan fingerprint density at radius 3 is 3.07 bits per heavy atom. The summed E-state index contributed by atoms with van der Waals surface area (Å²) in [7, 11) is 0. The maximum Gasteiger partial charge on any atom is 0.301 e. The van der Waals surface area contributed by atoms with Crippen molar-refractivity contribution in [2.75, 3.05) is 12.3 Å². The molecule has 0 saturated carbocycles. The first-order chi connectivity index (χ1) is 6.79. The Kier molecular flexibility index (Phi) is 4.51. The van der Waals surface area contributed by atoms with Crippen LogP contribution in [0.3, 0.4) is 0 Å². The van der Waals surface area contributed by atoms with Gasteiger partial charge in [0.2, 0.25) is 0 Å². The number of nitrogens with one attached hydrogen (secondary N) is 1. The summed E-state index contributed by atoms with van der Waals surface area (Å²) < 4.78 is 5.01. The highest BCUT2D eigenvalue weighted by atomic mass is 32.2. The number of furan rings is 1. The van der Waals surface area contributed by atoms with E-state index < -0.39 is 5.91 Å². The first-order valence-corrected chi connectivity index (χ1v) is 5.30. The predicted octanol–water partition coefficient (Wildman–Crippen LogP) is 0.0750. The molecule has 0 aliphatic rings. The van der Waals surface area contributed by atoms with Gasteiger partial charge in [-0.2, -0.15) is 11.8 Å². The topological polar surface area (TPSA) is 94.3 Å². The molecule has 0 aliphatic heterocycles. The third-order valence-corrected chi connectivity index (χ3v) is 2.64. The summed E-state index contributed by atoms with van der Waals surface area (Å²) in [6.45, 7) is 0.626. The lowest BCUT2D eigenvalue weighted by molar-refractivity contribution is 0.0925. The fourth-order valence-electron chi connectivity index (χ4n) is 0.980. The number of amides is 1. The van der Waals surface area contributed by atoms with E-state index in [-0.39, 0.29) is 5.76 Å². The number of nitrogens with two attached hydrogens (primary N) is 2. The van der Waals surface area contributed by atoms with Gasteiger partial charge in [0.05, 0.1) is 6.26 Å². The number of hydrogen-bond acceptors (Lipinski definition) is 5. The van der Waals surface area contributed by atoms with Crippen molar-refractivity contribution < 1.29 is 9.21 Å². The summed E-state index contributed by atoms with van der Waals surface area (Å²) in [4.78, 5) is 11.2. The van der Waals surface area contributed by atoms with E-state index in [0.29, 0.717) is 12.3 Å². The number of hydrogen-bond donors (Lipinski definition) is 3. The van der Waals surface area contributed by atoms with Crippen LogP contribution in [0.5, 0.6) is 0 Å². The number of thioether (sulfide) groups is 1. The van der Waals surface area contributed by atoms with Crippen molar-refractivity contribution in [2.45, 2.75) is 5.75 Å². The molecule has 0 radical (unpaired) electrons. The molecule has 0 unspecified atom stereocenters. The van der Waals surface area contributed by atoms with E-state index in [4.69, 9.17) is 16.0 Å². The lowest BCUT2D eigenvalue weighted by Gasteiger charge is -2.00. The van der Waals surface area contributed by atoms with Crippen molar-refractivity contribution in [1.82, 2.24) is 5.43 Å². The van der Waals surface area contributed by atoms with E-state index in [1.807, 2.05) is 5.43 Å². The summed E-state index contributed by atoms with van der Waals surface area (Å²) in [6.07, 6.45) is 1.48. The van der Waals surface area contributed by atoms with E-state index in [2.05, 4.69) is 0 Å².